The summed E-state index contributed by atoms with van der Waals surface area (Å²) in [7, 11) is 0. The number of carboxylic acid groups (broad SMARTS) is 4. The van der Waals surface area contributed by atoms with Crippen LogP contribution < -0.4 is 0 Å². The molecule has 0 radical (unpaired) electrons. The molecule has 0 saturated carbocycles. The second kappa shape index (κ2) is 24.5. The number of aliphatic hydroxyl groups is 2. The molecule has 8 atom stereocenters. The Morgan fingerprint density at radius 3 is 1.55 bits per heavy atom. The maximum atomic E-state index is 13.0. The Labute approximate surface area is 287 Å². The molecule has 0 aliphatic rings. The molecule has 0 fully saturated rings. The molecule has 0 rings (SSSR count). The Morgan fingerprint density at radius 2 is 1.10 bits per heavy atom. The molecule has 0 saturated heterocycles. The van der Waals surface area contributed by atoms with Crippen LogP contribution in [0.2, 0.25) is 0 Å². The zero-order valence-electron chi connectivity index (χ0n) is 29.1. The highest BCUT2D eigenvalue weighted by Gasteiger charge is 2.37. The molecular formula is C34H56O15. The topological polar surface area (TPSA) is 259 Å². The van der Waals surface area contributed by atoms with Gasteiger partial charge in [-0.25, -0.2) is 0 Å². The molecule has 8 unspecified atom stereocenters. The van der Waals surface area contributed by atoms with E-state index in [2.05, 4.69) is 0 Å². The summed E-state index contributed by atoms with van der Waals surface area (Å²) in [6, 6.07) is 0. The number of carbonyl (C=O) groups is 7. The van der Waals surface area contributed by atoms with Crippen LogP contribution in [0.5, 0.6) is 0 Å². The third-order valence-corrected chi connectivity index (χ3v) is 8.44. The molecule has 49 heavy (non-hydrogen) atoms. The van der Waals surface area contributed by atoms with Crippen molar-refractivity contribution < 1.29 is 73.7 Å². The number of rotatable bonds is 29. The zero-order valence-corrected chi connectivity index (χ0v) is 29.1. The SMILES string of the molecule is CCCCC(C)C(OC(=O)CC(CC(=O)O)C(=O)O)C(CC(C)CCCCCCC(O)CC(O)C(C)=O)OC(=O)CC(CC(=O)O)C(=O)O. The summed E-state index contributed by atoms with van der Waals surface area (Å²) in [6.07, 6.45) is -1.03. The largest absolute Gasteiger partial charge is 0.481 e. The lowest BCUT2D eigenvalue weighted by Gasteiger charge is -2.33. The number of esters is 2. The Kier molecular flexibility index (Phi) is 22.7. The van der Waals surface area contributed by atoms with Crippen molar-refractivity contribution in [1.29, 1.82) is 0 Å². The summed E-state index contributed by atoms with van der Waals surface area (Å²) in [6.45, 7) is 6.85. The number of unbranched alkanes of at least 4 members (excludes halogenated alkanes) is 4. The van der Waals surface area contributed by atoms with E-state index < -0.39 is 109 Å². The molecule has 0 amide bonds. The fraction of sp³-hybridized carbons (Fsp3) is 0.794. The maximum absolute atomic E-state index is 13.0. The quantitative estimate of drug-likeness (QED) is 0.0477. The standard InChI is InChI=1S/C34H56O15/c1-5-6-12-21(3)32(49-31(43)18-24(34(46)47)16-29(40)41)27(48-30(42)17-23(33(44)45)15-28(38)39)14-20(2)11-9-7-8-10-13-25(36)19-26(37)22(4)35/h20-21,23-27,32,36-37H,5-19H2,1-4H3,(H,38,39)(H,40,41)(H,44,45)(H,46,47). The average Bonchev–Trinajstić information content (AvgIpc) is 2.98. The molecule has 6 N–H and O–H groups in total. The van der Waals surface area contributed by atoms with Gasteiger partial charge in [0.2, 0.25) is 0 Å². The van der Waals surface area contributed by atoms with Crippen LogP contribution in [-0.2, 0) is 43.0 Å². The second-order valence-corrected chi connectivity index (χ2v) is 13.1. The Hall–Kier alpha value is -3.59. The monoisotopic (exact) mass is 704 g/mol. The van der Waals surface area contributed by atoms with E-state index in [0.717, 1.165) is 25.7 Å². The lowest BCUT2D eigenvalue weighted by atomic mass is 9.87. The third-order valence-electron chi connectivity index (χ3n) is 8.44. The van der Waals surface area contributed by atoms with Crippen molar-refractivity contribution in [1.82, 2.24) is 0 Å². The Bertz CT molecular complexity index is 1070. The first-order chi connectivity index (χ1) is 22.9. The van der Waals surface area contributed by atoms with Crippen LogP contribution in [0.25, 0.3) is 0 Å². The van der Waals surface area contributed by atoms with Crippen molar-refractivity contribution in [3.05, 3.63) is 0 Å². The minimum absolute atomic E-state index is 0.0189. The molecule has 282 valence electrons. The molecule has 0 aliphatic carbocycles. The molecule has 0 bridgehead atoms. The fourth-order valence-electron chi connectivity index (χ4n) is 5.51. The van der Waals surface area contributed by atoms with E-state index in [1.165, 1.54) is 6.92 Å². The van der Waals surface area contributed by atoms with E-state index in [-0.39, 0.29) is 18.8 Å². The fourth-order valence-corrected chi connectivity index (χ4v) is 5.51. The van der Waals surface area contributed by atoms with Crippen molar-refractivity contribution in [2.75, 3.05) is 0 Å². The van der Waals surface area contributed by atoms with Gasteiger partial charge in [-0.1, -0.05) is 65.7 Å². The molecule has 0 aromatic heterocycles. The zero-order chi connectivity index (χ0) is 37.7. The minimum Gasteiger partial charge on any atom is -0.481 e. The van der Waals surface area contributed by atoms with E-state index in [9.17, 15) is 54.0 Å². The number of carbonyl (C=O) groups excluding carboxylic acids is 3. The van der Waals surface area contributed by atoms with E-state index in [4.69, 9.17) is 19.7 Å². The average molecular weight is 705 g/mol. The van der Waals surface area contributed by atoms with Crippen LogP contribution >= 0.6 is 0 Å². The highest BCUT2D eigenvalue weighted by atomic mass is 16.6. The summed E-state index contributed by atoms with van der Waals surface area (Å²) < 4.78 is 11.5. The molecule has 0 spiro atoms. The second-order valence-electron chi connectivity index (χ2n) is 13.1. The number of carboxylic acids is 4. The first-order valence-electron chi connectivity index (χ1n) is 17.0. The molecule has 15 heteroatoms. The molecule has 0 aromatic carbocycles. The van der Waals surface area contributed by atoms with Crippen molar-refractivity contribution >= 4 is 41.6 Å². The van der Waals surface area contributed by atoms with Crippen molar-refractivity contribution in [2.45, 2.75) is 148 Å². The van der Waals surface area contributed by atoms with E-state index in [1.807, 2.05) is 13.8 Å². The minimum atomic E-state index is -1.56. The first kappa shape index (κ1) is 45.4. The number of ether oxygens (including phenoxy) is 2. The Morgan fingerprint density at radius 1 is 0.612 bits per heavy atom. The number of hydrogen-bond donors (Lipinski definition) is 6. The number of aliphatic hydroxyl groups excluding tert-OH is 2. The van der Waals surface area contributed by atoms with Crippen LogP contribution in [0, 0.1) is 23.7 Å². The highest BCUT2D eigenvalue weighted by molar-refractivity contribution is 5.84. The summed E-state index contributed by atoms with van der Waals surface area (Å²) in [5.41, 5.74) is 0. The van der Waals surface area contributed by atoms with E-state index in [0.29, 0.717) is 32.1 Å². The number of aliphatic carboxylic acids is 4. The number of hydrogen-bond acceptors (Lipinski definition) is 11. The van der Waals surface area contributed by atoms with Crippen molar-refractivity contribution in [3.63, 3.8) is 0 Å². The van der Waals surface area contributed by atoms with Gasteiger partial charge < -0.3 is 40.1 Å². The van der Waals surface area contributed by atoms with Gasteiger partial charge in [0.25, 0.3) is 0 Å². The molecule has 0 heterocycles. The third kappa shape index (κ3) is 21.2. The molecule has 0 aliphatic heterocycles. The maximum Gasteiger partial charge on any atom is 0.307 e. The van der Waals surface area contributed by atoms with Gasteiger partial charge in [-0.05, 0) is 38.0 Å². The lowest BCUT2D eigenvalue weighted by Crippen LogP contribution is -2.42. The van der Waals surface area contributed by atoms with Crippen molar-refractivity contribution in [3.8, 4) is 0 Å². The van der Waals surface area contributed by atoms with Crippen LogP contribution in [-0.4, -0.2) is 96.7 Å². The molecular weight excluding hydrogens is 648 g/mol. The predicted octanol–water partition coefficient (Wildman–Crippen LogP) is 3.84. The van der Waals surface area contributed by atoms with Gasteiger partial charge in [0.15, 0.2) is 5.78 Å². The smallest absolute Gasteiger partial charge is 0.307 e. The molecule has 15 nitrogen and oxygen atoms in total. The summed E-state index contributed by atoms with van der Waals surface area (Å²) >= 11 is 0. The number of Topliss-reactive ketones (excluding diaryl/α,β-unsaturated/α-hetero) is 1. The van der Waals surface area contributed by atoms with Gasteiger partial charge >= 0.3 is 35.8 Å². The first-order valence-corrected chi connectivity index (χ1v) is 17.0. The summed E-state index contributed by atoms with van der Waals surface area (Å²) in [4.78, 5) is 82.7. The van der Waals surface area contributed by atoms with E-state index >= 15 is 0 Å². The van der Waals surface area contributed by atoms with E-state index in [1.54, 1.807) is 6.92 Å². The van der Waals surface area contributed by atoms with Gasteiger partial charge in [0.05, 0.1) is 43.6 Å². The van der Waals surface area contributed by atoms with Crippen LogP contribution in [0.15, 0.2) is 0 Å². The molecule has 0 aromatic rings. The van der Waals surface area contributed by atoms with Crippen molar-refractivity contribution in [2.24, 2.45) is 23.7 Å². The van der Waals surface area contributed by atoms with Crippen LogP contribution in [0.3, 0.4) is 0 Å². The van der Waals surface area contributed by atoms with Gasteiger partial charge in [-0.3, -0.25) is 33.6 Å². The Balaban J connectivity index is 5.85. The number of ketones is 1. The summed E-state index contributed by atoms with van der Waals surface area (Å²) in [5.74, 6) is -11.8. The van der Waals surface area contributed by atoms with Gasteiger partial charge in [0.1, 0.15) is 18.3 Å². The van der Waals surface area contributed by atoms with Gasteiger partial charge in [0, 0.05) is 6.42 Å². The lowest BCUT2D eigenvalue weighted by molar-refractivity contribution is -0.177. The van der Waals surface area contributed by atoms with Gasteiger partial charge in [-0.15, -0.1) is 0 Å². The normalized spacial score (nSPS) is 16.2. The van der Waals surface area contributed by atoms with Crippen LogP contribution in [0.4, 0.5) is 0 Å². The predicted molar refractivity (Wildman–Crippen MR) is 173 cm³/mol. The van der Waals surface area contributed by atoms with Crippen LogP contribution in [0.1, 0.15) is 124 Å². The van der Waals surface area contributed by atoms with Gasteiger partial charge in [-0.2, -0.15) is 0 Å². The highest BCUT2D eigenvalue weighted by Crippen LogP contribution is 2.29. The summed E-state index contributed by atoms with van der Waals surface area (Å²) in [5, 5.41) is 56.7.